The third kappa shape index (κ3) is 3.25. The van der Waals surface area contributed by atoms with Gasteiger partial charge in [0, 0.05) is 6.61 Å². The molecule has 24 heavy (non-hydrogen) atoms. The molecule has 0 heterocycles. The van der Waals surface area contributed by atoms with E-state index in [-0.39, 0.29) is 6.61 Å². The van der Waals surface area contributed by atoms with Crippen molar-refractivity contribution in [1.29, 1.82) is 0 Å². The smallest absolute Gasteiger partial charge is 0.172 e. The molecule has 3 aromatic rings. The molecule has 3 rings (SSSR count). The first kappa shape index (κ1) is 16.4. The predicted molar refractivity (Wildman–Crippen MR) is 105 cm³/mol. The highest BCUT2D eigenvalue weighted by Gasteiger charge is 2.36. The summed E-state index contributed by atoms with van der Waals surface area (Å²) in [6, 6.07) is 32.3. The molecule has 0 spiro atoms. The lowest BCUT2D eigenvalue weighted by molar-refractivity contribution is 0.302. The van der Waals surface area contributed by atoms with Gasteiger partial charge in [0.05, 0.1) is 0 Å². The minimum absolute atomic E-state index is 0.180. The van der Waals surface area contributed by atoms with E-state index in [9.17, 15) is 5.11 Å². The molecule has 0 saturated heterocycles. The average Bonchev–Trinajstić information content (AvgIpc) is 2.68. The molecule has 0 atom stereocenters. The highest BCUT2D eigenvalue weighted by atomic mass is 28.3. The molecule has 1 nitrogen and oxygen atoms in total. The summed E-state index contributed by atoms with van der Waals surface area (Å²) in [5.74, 6) is 0. The molecule has 0 amide bonds. The highest BCUT2D eigenvalue weighted by molar-refractivity contribution is 7.14. The molecule has 0 radical (unpaired) electrons. The number of rotatable bonds is 6. The third-order valence-electron chi connectivity index (χ3n) is 4.35. The quantitative estimate of drug-likeness (QED) is 0.544. The summed E-state index contributed by atoms with van der Waals surface area (Å²) in [5, 5.41) is 13.3. The Hall–Kier alpha value is -2.42. The van der Waals surface area contributed by atoms with Crippen LogP contribution in [-0.4, -0.2) is 19.8 Å². The van der Waals surface area contributed by atoms with Crippen molar-refractivity contribution in [3.63, 3.8) is 0 Å². The van der Waals surface area contributed by atoms with Gasteiger partial charge in [-0.3, -0.25) is 0 Å². The molecule has 0 saturated carbocycles. The molecule has 3 aromatic carbocycles. The zero-order chi connectivity index (χ0) is 16.7. The Bertz CT molecular complexity index is 670. The van der Waals surface area contributed by atoms with E-state index in [0.29, 0.717) is 6.42 Å². The Labute approximate surface area is 144 Å². The summed E-state index contributed by atoms with van der Waals surface area (Å²) in [5.41, 5.74) is 2.36. The van der Waals surface area contributed by atoms with E-state index in [1.165, 1.54) is 15.6 Å². The van der Waals surface area contributed by atoms with Crippen LogP contribution in [-0.2, 0) is 0 Å². The molecular formula is C22H22OSi. The van der Waals surface area contributed by atoms with Crippen LogP contribution in [0.2, 0.25) is 0 Å². The van der Waals surface area contributed by atoms with Crippen molar-refractivity contribution in [2.24, 2.45) is 0 Å². The van der Waals surface area contributed by atoms with Crippen LogP contribution < -0.4 is 15.6 Å². The maximum Gasteiger partial charge on any atom is 0.172 e. The first-order valence-corrected chi connectivity index (χ1v) is 10.4. The van der Waals surface area contributed by atoms with E-state index in [2.05, 4.69) is 103 Å². The van der Waals surface area contributed by atoms with Gasteiger partial charge in [0.1, 0.15) is 0 Å². The van der Waals surface area contributed by atoms with Gasteiger partial charge in [-0.15, -0.1) is 0 Å². The fourth-order valence-electron chi connectivity index (χ4n) is 3.23. The first-order chi connectivity index (χ1) is 11.9. The van der Waals surface area contributed by atoms with E-state index in [1.54, 1.807) is 0 Å². The molecule has 120 valence electrons. The summed E-state index contributed by atoms with van der Waals surface area (Å²) in [4.78, 5) is 0. The average molecular weight is 331 g/mol. The molecule has 0 aromatic heterocycles. The van der Waals surface area contributed by atoms with Crippen molar-refractivity contribution in [3.05, 3.63) is 103 Å². The minimum atomic E-state index is -2.25. The fraction of sp³-hybridized carbons (Fsp3) is 0.0909. The second-order valence-corrected chi connectivity index (χ2v) is 9.50. The zero-order valence-electron chi connectivity index (χ0n) is 13.7. The first-order valence-electron chi connectivity index (χ1n) is 8.33. The van der Waals surface area contributed by atoms with Crippen molar-refractivity contribution >= 4 is 23.6 Å². The van der Waals surface area contributed by atoms with E-state index in [0.717, 1.165) is 0 Å². The van der Waals surface area contributed by atoms with E-state index in [1.807, 2.05) is 0 Å². The standard InChI is InChI=1S/C22H22OSi/c23-18-10-11-19-24(20-12-4-1-5-13-20,21-14-6-2-7-15-21)22-16-8-3-9-17-22/h1-9,11-17,19,23H,10,18H2. The predicted octanol–water partition coefficient (Wildman–Crippen LogP) is 2.63. The summed E-state index contributed by atoms with van der Waals surface area (Å²) in [6.45, 7) is 0.180. The van der Waals surface area contributed by atoms with Crippen molar-refractivity contribution in [3.8, 4) is 0 Å². The van der Waals surface area contributed by atoms with Gasteiger partial charge in [0.15, 0.2) is 8.07 Å². The second-order valence-electron chi connectivity index (χ2n) is 5.82. The summed E-state index contributed by atoms with van der Waals surface area (Å²) in [6.07, 6.45) is 2.82. The Morgan fingerprint density at radius 2 is 1.00 bits per heavy atom. The van der Waals surface area contributed by atoms with Gasteiger partial charge in [0.2, 0.25) is 0 Å². The molecule has 2 heteroatoms. The largest absolute Gasteiger partial charge is 0.396 e. The van der Waals surface area contributed by atoms with Gasteiger partial charge in [0.25, 0.3) is 0 Å². The number of hydrogen-bond acceptors (Lipinski definition) is 1. The Morgan fingerprint density at radius 3 is 1.33 bits per heavy atom. The molecule has 0 fully saturated rings. The lowest BCUT2D eigenvalue weighted by atomic mass is 10.3. The van der Waals surface area contributed by atoms with E-state index in [4.69, 9.17) is 0 Å². The maximum absolute atomic E-state index is 9.24. The highest BCUT2D eigenvalue weighted by Crippen LogP contribution is 2.10. The molecule has 0 aliphatic carbocycles. The van der Waals surface area contributed by atoms with Gasteiger partial charge in [-0.05, 0) is 22.0 Å². The maximum atomic E-state index is 9.24. The normalized spacial score (nSPS) is 11.7. The lowest BCUT2D eigenvalue weighted by Gasteiger charge is -2.30. The Balaban J connectivity index is 2.28. The van der Waals surface area contributed by atoms with Crippen LogP contribution >= 0.6 is 0 Å². The lowest BCUT2D eigenvalue weighted by Crippen LogP contribution is -2.66. The number of aliphatic hydroxyl groups is 1. The van der Waals surface area contributed by atoms with Crippen molar-refractivity contribution in [2.75, 3.05) is 6.61 Å². The van der Waals surface area contributed by atoms with Crippen molar-refractivity contribution in [2.45, 2.75) is 6.42 Å². The number of hydrogen-bond donors (Lipinski definition) is 1. The Kier molecular flexibility index (Phi) is 5.42. The number of benzene rings is 3. The second kappa shape index (κ2) is 7.91. The van der Waals surface area contributed by atoms with Crippen LogP contribution in [0.4, 0.5) is 0 Å². The van der Waals surface area contributed by atoms with Gasteiger partial charge in [-0.1, -0.05) is 103 Å². The topological polar surface area (TPSA) is 20.2 Å². The van der Waals surface area contributed by atoms with Crippen LogP contribution in [0.25, 0.3) is 0 Å². The van der Waals surface area contributed by atoms with Crippen molar-refractivity contribution in [1.82, 2.24) is 0 Å². The van der Waals surface area contributed by atoms with Crippen LogP contribution in [0.1, 0.15) is 6.42 Å². The molecule has 0 unspecified atom stereocenters. The fourth-order valence-corrected chi connectivity index (χ4v) is 7.48. The van der Waals surface area contributed by atoms with Gasteiger partial charge >= 0.3 is 0 Å². The molecule has 0 aliphatic heterocycles. The van der Waals surface area contributed by atoms with Crippen LogP contribution in [0.15, 0.2) is 103 Å². The van der Waals surface area contributed by atoms with Gasteiger partial charge in [-0.2, -0.15) is 0 Å². The van der Waals surface area contributed by atoms with Crippen LogP contribution in [0.5, 0.6) is 0 Å². The zero-order valence-corrected chi connectivity index (χ0v) is 14.7. The molecule has 1 N–H and O–H groups in total. The van der Waals surface area contributed by atoms with Gasteiger partial charge < -0.3 is 5.11 Å². The van der Waals surface area contributed by atoms with E-state index < -0.39 is 8.07 Å². The SMILES string of the molecule is OCCC=C[Si](c1ccccc1)(c1ccccc1)c1ccccc1. The van der Waals surface area contributed by atoms with Crippen LogP contribution in [0, 0.1) is 0 Å². The minimum Gasteiger partial charge on any atom is -0.396 e. The van der Waals surface area contributed by atoms with E-state index >= 15 is 0 Å². The third-order valence-corrected chi connectivity index (χ3v) is 8.82. The summed E-state index contributed by atoms with van der Waals surface area (Å²) in [7, 11) is -2.25. The molecule has 0 bridgehead atoms. The Morgan fingerprint density at radius 1 is 0.625 bits per heavy atom. The van der Waals surface area contributed by atoms with Crippen molar-refractivity contribution < 1.29 is 5.11 Å². The number of aliphatic hydroxyl groups excluding tert-OH is 1. The van der Waals surface area contributed by atoms with Crippen LogP contribution in [0.3, 0.4) is 0 Å². The summed E-state index contributed by atoms with van der Waals surface area (Å²) >= 11 is 0. The molecular weight excluding hydrogens is 308 g/mol. The summed E-state index contributed by atoms with van der Waals surface area (Å²) < 4.78 is 0. The molecule has 0 aliphatic rings. The monoisotopic (exact) mass is 330 g/mol. The van der Waals surface area contributed by atoms with Gasteiger partial charge in [-0.25, -0.2) is 0 Å².